The van der Waals surface area contributed by atoms with Crippen LogP contribution in [0.4, 0.5) is 17.1 Å². The van der Waals surface area contributed by atoms with E-state index in [1.807, 2.05) is 63.2 Å². The van der Waals surface area contributed by atoms with E-state index in [4.69, 9.17) is 40.2 Å². The molecule has 17 heteroatoms. The Labute approximate surface area is 382 Å². The molecule has 2 atom stereocenters. The fourth-order valence-electron chi connectivity index (χ4n) is 3.70. The molecule has 2 aliphatic heterocycles. The zero-order chi connectivity index (χ0) is 31.9. The number of aromatic hydroxyl groups is 1. The van der Waals surface area contributed by atoms with Gasteiger partial charge in [0.2, 0.25) is 12.2 Å². The number of hydrogen-bond acceptors (Lipinski definition) is 13. The van der Waals surface area contributed by atoms with Crippen molar-refractivity contribution >= 4 is 35.5 Å². The van der Waals surface area contributed by atoms with Gasteiger partial charge in [-0.25, -0.2) is 9.59 Å². The summed E-state index contributed by atoms with van der Waals surface area (Å²) in [4.78, 5) is 33.4. The molecule has 0 aliphatic carbocycles. The van der Waals surface area contributed by atoms with Gasteiger partial charge in [0.25, 0.3) is 6.47 Å². The van der Waals surface area contributed by atoms with Crippen molar-refractivity contribution in [2.45, 2.75) is 39.9 Å². The van der Waals surface area contributed by atoms with Crippen LogP contribution in [0, 0.1) is 20.8 Å². The summed E-state index contributed by atoms with van der Waals surface area (Å²) in [5, 5.41) is 32.3. The second-order valence-electron chi connectivity index (χ2n) is 9.32. The molecule has 2 aliphatic rings. The average Bonchev–Trinajstić information content (AvgIpc) is 2.99. The monoisotopic (exact) mass is 717 g/mol. The van der Waals surface area contributed by atoms with E-state index in [-0.39, 0.29) is 157 Å². The van der Waals surface area contributed by atoms with Crippen LogP contribution in [0.3, 0.4) is 0 Å². The molecule has 0 saturated heterocycles. The molecule has 3 aromatic rings. The molecule has 0 bridgehead atoms. The van der Waals surface area contributed by atoms with Gasteiger partial charge < -0.3 is 57.8 Å². The summed E-state index contributed by atoms with van der Waals surface area (Å²) in [6.07, 6.45) is -1.33. The zero-order valence-corrected chi connectivity index (χ0v) is 36.0. The molecule has 5 rings (SSSR count). The summed E-state index contributed by atoms with van der Waals surface area (Å²) < 4.78 is 15.8. The van der Waals surface area contributed by atoms with Crippen molar-refractivity contribution in [3.05, 3.63) is 71.3 Å². The summed E-state index contributed by atoms with van der Waals surface area (Å²) in [5.74, 6) is 0.231. The van der Waals surface area contributed by atoms with Gasteiger partial charge in [-0.2, -0.15) is 0 Å². The molecule has 0 saturated carbocycles. The molecule has 0 fully saturated rings. The maximum absolute atomic E-state index is 11.5. The van der Waals surface area contributed by atoms with Crippen LogP contribution in [0.2, 0.25) is 0 Å². The number of esters is 1. The number of carboxylic acid groups (broad SMARTS) is 1. The Morgan fingerprint density at radius 3 is 1.77 bits per heavy atom. The van der Waals surface area contributed by atoms with Gasteiger partial charge in [0, 0.05) is 0 Å². The first-order valence-corrected chi connectivity index (χ1v) is 13.2. The minimum atomic E-state index is -0.940. The largest absolute Gasteiger partial charge is 1.00 e. The third kappa shape index (κ3) is 18.0. The SMILES string of the molecule is CCOC(=O)C1CNc2ccc(C)cc2O1.Cc1ccc(N)c(O)c1.Cc1ccc2c(c1)OC(C(=O)O)CN2.O=CO[O-].[H-].[K+].[K+].[Na+].[OH-]. The van der Waals surface area contributed by atoms with E-state index in [1.165, 1.54) is 0 Å². The normalized spacial score (nSPS) is 14.1. The van der Waals surface area contributed by atoms with Crippen molar-refractivity contribution < 1.29 is 188 Å². The molecule has 14 nitrogen and oxygen atoms in total. The van der Waals surface area contributed by atoms with E-state index in [9.17, 15) is 9.59 Å². The van der Waals surface area contributed by atoms with Crippen LogP contribution < -0.4 is 163 Å². The smallest absolute Gasteiger partial charge is 1.00 e. The third-order valence-corrected chi connectivity index (χ3v) is 5.82. The summed E-state index contributed by atoms with van der Waals surface area (Å²) in [6, 6.07) is 16.7. The Morgan fingerprint density at radius 2 is 1.36 bits per heavy atom. The molecule has 2 heterocycles. The zero-order valence-electron chi connectivity index (χ0n) is 28.7. The average molecular weight is 718 g/mol. The minimum absolute atomic E-state index is 0. The van der Waals surface area contributed by atoms with Gasteiger partial charge in [-0.15, -0.1) is 0 Å². The number of hydrogen-bond donors (Lipinski definition) is 5. The number of ether oxygens (including phenoxy) is 3. The van der Waals surface area contributed by atoms with Gasteiger partial charge in [-0.05, 0) is 80.8 Å². The summed E-state index contributed by atoms with van der Waals surface area (Å²) in [5.41, 5.74) is 10.7. The molecule has 47 heavy (non-hydrogen) atoms. The maximum atomic E-state index is 11.5. The molecule has 0 radical (unpaired) electrons. The van der Waals surface area contributed by atoms with Crippen molar-refractivity contribution in [2.24, 2.45) is 0 Å². The molecular weight excluding hydrogens is 680 g/mol. The predicted molar refractivity (Wildman–Crippen MR) is 160 cm³/mol. The Hall–Kier alpha value is -0.937. The van der Waals surface area contributed by atoms with Crippen LogP contribution >= 0.6 is 0 Å². The van der Waals surface area contributed by atoms with Gasteiger partial charge in [0.1, 0.15) is 17.2 Å². The summed E-state index contributed by atoms with van der Waals surface area (Å²) in [6.45, 7) is 8.57. The second kappa shape index (κ2) is 26.9. The number of nitrogens with two attached hydrogens (primary N) is 1. The van der Waals surface area contributed by atoms with Crippen LogP contribution in [0.5, 0.6) is 17.2 Å². The molecule has 0 spiro atoms. The predicted octanol–water partition coefficient (Wildman–Crippen LogP) is -6.35. The van der Waals surface area contributed by atoms with Crippen molar-refractivity contribution in [1.29, 1.82) is 0 Å². The second-order valence-corrected chi connectivity index (χ2v) is 9.32. The van der Waals surface area contributed by atoms with Gasteiger partial charge in [0.05, 0.1) is 36.8 Å². The van der Waals surface area contributed by atoms with Crippen LogP contribution in [-0.2, 0) is 24.0 Å². The van der Waals surface area contributed by atoms with Crippen LogP contribution in [0.25, 0.3) is 0 Å². The first-order chi connectivity index (χ1) is 20.5. The standard InChI is InChI=1S/C12H15NO3.C10H11NO3.C7H9NO.CH2O3.2K.Na.H2O.H/c1-3-15-12(14)11-7-13-9-5-4-8(2)6-10(9)16-11;1-6-2-3-7-8(4-6)14-9(5-11-7)10(12)13;1-5-2-3-6(8)7(9)4-5;2-1-4-3;;;;;/h4-6,11,13H,3,7H2,1-2H3;2-4,9,11H,5H2,1H3,(H,12,13);2-4,9H,8H2,1H3;1,3H;;;;1H2;/q;;;;3*+1;;-1/p-2. The minimum Gasteiger partial charge on any atom is -1.00 e. The fourth-order valence-corrected chi connectivity index (χ4v) is 3.70. The van der Waals surface area contributed by atoms with Gasteiger partial charge >= 0.3 is 144 Å². The molecule has 0 amide bonds. The van der Waals surface area contributed by atoms with Crippen molar-refractivity contribution in [2.75, 3.05) is 36.1 Å². The van der Waals surface area contributed by atoms with E-state index >= 15 is 0 Å². The Morgan fingerprint density at radius 1 is 0.936 bits per heavy atom. The Kier molecular flexibility index (Phi) is 28.8. The number of benzene rings is 3. The van der Waals surface area contributed by atoms with Crippen molar-refractivity contribution in [1.82, 2.24) is 0 Å². The number of phenols is 1. The van der Waals surface area contributed by atoms with Crippen molar-refractivity contribution in [3.8, 4) is 17.2 Å². The summed E-state index contributed by atoms with van der Waals surface area (Å²) >= 11 is 0. The third-order valence-electron chi connectivity index (χ3n) is 5.82. The molecule has 7 N–H and O–H groups in total. The number of aliphatic carboxylic acids is 1. The van der Waals surface area contributed by atoms with E-state index in [0.29, 0.717) is 36.9 Å². The Bertz CT molecular complexity index is 1410. The molecule has 2 unspecified atom stereocenters. The maximum Gasteiger partial charge on any atom is 1.00 e. The van der Waals surface area contributed by atoms with Crippen LogP contribution in [0.15, 0.2) is 54.6 Å². The number of rotatable bonds is 4. The first-order valence-electron chi connectivity index (χ1n) is 13.2. The Balaban J connectivity index is -0.000000280. The number of fused-ring (bicyclic) bond motifs is 2. The van der Waals surface area contributed by atoms with Crippen molar-refractivity contribution in [3.63, 3.8) is 0 Å². The number of carbonyl (C=O) groups is 3. The van der Waals surface area contributed by atoms with Crippen LogP contribution in [-0.4, -0.2) is 66.0 Å². The number of aryl methyl sites for hydroxylation is 3. The molecule has 242 valence electrons. The number of anilines is 3. The number of carbonyl (C=O) groups excluding carboxylic acids is 2. The number of nitrogens with one attached hydrogen (secondary N) is 2. The number of phenolic OH excluding ortho intramolecular Hbond substituents is 1. The van der Waals surface area contributed by atoms with Gasteiger partial charge in [0.15, 0.2) is 0 Å². The first kappa shape index (κ1) is 50.4. The molecule has 0 aromatic heterocycles. The van der Waals surface area contributed by atoms with E-state index < -0.39 is 18.2 Å². The van der Waals surface area contributed by atoms with E-state index in [1.54, 1.807) is 19.1 Å². The van der Waals surface area contributed by atoms with Gasteiger partial charge in [-0.3, -0.25) is 4.79 Å². The quantitative estimate of drug-likeness (QED) is 0.0322. The fraction of sp³-hybridized carbons (Fsp3) is 0.300. The number of nitrogen functional groups attached to an aromatic ring is 1. The van der Waals surface area contributed by atoms with Crippen LogP contribution in [0.1, 0.15) is 25.0 Å². The topological polar surface area (TPSA) is 232 Å². The molecular formula is C30H38K2N3NaO11. The number of carboxylic acids is 1. The van der Waals surface area contributed by atoms with E-state index in [0.717, 1.165) is 28.1 Å². The van der Waals surface area contributed by atoms with E-state index in [2.05, 4.69) is 15.5 Å². The molecule has 3 aromatic carbocycles. The summed E-state index contributed by atoms with van der Waals surface area (Å²) in [7, 11) is 0. The van der Waals surface area contributed by atoms with Gasteiger partial charge in [-0.1, -0.05) is 18.2 Å².